The Kier molecular flexibility index (Phi) is 3.85. The van der Waals surface area contributed by atoms with Crippen molar-refractivity contribution in [2.24, 2.45) is 5.41 Å². The molecule has 0 amide bonds. The molecule has 1 heterocycles. The maximum atomic E-state index is 11.4. The molecule has 114 valence electrons. The van der Waals surface area contributed by atoms with Crippen LogP contribution in [0.15, 0.2) is 6.07 Å². The summed E-state index contributed by atoms with van der Waals surface area (Å²) in [5.74, 6) is -0.367. The Labute approximate surface area is 124 Å². The van der Waals surface area contributed by atoms with E-state index in [-0.39, 0.29) is 5.41 Å². The maximum absolute atomic E-state index is 11.4. The minimum atomic E-state index is -0.901. The van der Waals surface area contributed by atoms with Gasteiger partial charge >= 0.3 is 5.97 Å². The molecule has 0 atom stereocenters. The monoisotopic (exact) mass is 290 g/mol. The number of ether oxygens (including phenoxy) is 1. The Hall–Kier alpha value is -1.62. The number of carbonyl (C=O) groups is 1. The van der Waals surface area contributed by atoms with Gasteiger partial charge in [0.1, 0.15) is 11.4 Å². The largest absolute Gasteiger partial charge is 0.478 e. The van der Waals surface area contributed by atoms with Crippen LogP contribution in [0.4, 0.5) is 5.82 Å². The highest BCUT2D eigenvalue weighted by Crippen LogP contribution is 2.48. The van der Waals surface area contributed by atoms with Gasteiger partial charge in [-0.3, -0.25) is 0 Å². The maximum Gasteiger partial charge on any atom is 0.339 e. The number of hydrogen-bond donors (Lipinski definition) is 2. The molecule has 1 saturated carbocycles. The van der Waals surface area contributed by atoms with E-state index < -0.39 is 5.97 Å². The van der Waals surface area contributed by atoms with E-state index >= 15 is 0 Å². The molecule has 21 heavy (non-hydrogen) atoms. The first kappa shape index (κ1) is 14.3. The number of pyridine rings is 1. The van der Waals surface area contributed by atoms with Crippen LogP contribution in [-0.4, -0.2) is 36.3 Å². The molecule has 5 heteroatoms. The molecule has 0 saturated heterocycles. The zero-order chi connectivity index (χ0) is 14.9. The second kappa shape index (κ2) is 5.64. The molecule has 0 unspecified atom stereocenters. The molecule has 2 N–H and O–H groups in total. The topological polar surface area (TPSA) is 71.5 Å². The SMILES string of the molecule is COCCC1(CNc2nc3c(cc2C(=O)O)CCC3)CC1. The highest BCUT2D eigenvalue weighted by atomic mass is 16.5. The molecular formula is C16H22N2O3. The molecular weight excluding hydrogens is 268 g/mol. The highest BCUT2D eigenvalue weighted by molar-refractivity contribution is 5.93. The van der Waals surface area contributed by atoms with Gasteiger partial charge in [-0.2, -0.15) is 0 Å². The number of hydrogen-bond acceptors (Lipinski definition) is 4. The van der Waals surface area contributed by atoms with Crippen molar-refractivity contribution < 1.29 is 14.6 Å². The molecule has 2 aliphatic rings. The van der Waals surface area contributed by atoms with E-state index in [9.17, 15) is 9.90 Å². The van der Waals surface area contributed by atoms with Crippen molar-refractivity contribution in [2.75, 3.05) is 25.6 Å². The predicted octanol–water partition coefficient (Wildman–Crippen LogP) is 2.50. The summed E-state index contributed by atoms with van der Waals surface area (Å²) in [7, 11) is 1.72. The quantitative estimate of drug-likeness (QED) is 0.807. The summed E-state index contributed by atoms with van der Waals surface area (Å²) in [6.45, 7) is 1.54. The van der Waals surface area contributed by atoms with Crippen molar-refractivity contribution in [3.8, 4) is 0 Å². The number of carboxylic acids is 1. The highest BCUT2D eigenvalue weighted by Gasteiger charge is 2.42. The standard InChI is InChI=1S/C16H22N2O3/c1-21-8-7-16(5-6-16)10-17-14-12(15(19)20)9-11-3-2-4-13(11)18-14/h9H,2-8,10H2,1H3,(H,17,18)(H,19,20). The van der Waals surface area contributed by atoms with Gasteiger partial charge in [0.15, 0.2) is 0 Å². The van der Waals surface area contributed by atoms with Gasteiger partial charge in [-0.15, -0.1) is 0 Å². The normalized spacial score (nSPS) is 18.3. The fourth-order valence-electron chi connectivity index (χ4n) is 3.05. The van der Waals surface area contributed by atoms with E-state index in [2.05, 4.69) is 10.3 Å². The Morgan fingerprint density at radius 2 is 2.29 bits per heavy atom. The Morgan fingerprint density at radius 1 is 1.48 bits per heavy atom. The van der Waals surface area contributed by atoms with E-state index in [1.807, 2.05) is 0 Å². The van der Waals surface area contributed by atoms with Gasteiger partial charge in [-0.25, -0.2) is 9.78 Å². The third kappa shape index (κ3) is 3.02. The van der Waals surface area contributed by atoms with E-state index in [0.717, 1.165) is 50.1 Å². The number of fused-ring (bicyclic) bond motifs is 1. The number of aromatic carboxylic acids is 1. The van der Waals surface area contributed by atoms with Crippen LogP contribution in [0.5, 0.6) is 0 Å². The minimum absolute atomic E-state index is 0.270. The average Bonchev–Trinajstić information content (AvgIpc) is 3.10. The van der Waals surface area contributed by atoms with Gasteiger partial charge in [0, 0.05) is 26.0 Å². The molecule has 0 aliphatic heterocycles. The first-order chi connectivity index (χ1) is 10.1. The molecule has 0 aromatic carbocycles. The fraction of sp³-hybridized carbons (Fsp3) is 0.625. The average molecular weight is 290 g/mol. The lowest BCUT2D eigenvalue weighted by Crippen LogP contribution is -2.20. The first-order valence-corrected chi connectivity index (χ1v) is 7.62. The summed E-state index contributed by atoms with van der Waals surface area (Å²) in [6.07, 6.45) is 6.35. The number of nitrogens with one attached hydrogen (secondary N) is 1. The molecule has 0 bridgehead atoms. The third-order valence-electron chi connectivity index (χ3n) is 4.71. The lowest BCUT2D eigenvalue weighted by molar-refractivity contribution is 0.0697. The van der Waals surface area contributed by atoms with E-state index in [0.29, 0.717) is 11.4 Å². The molecule has 1 aromatic heterocycles. The van der Waals surface area contributed by atoms with Gasteiger partial charge in [-0.05, 0) is 55.6 Å². The molecule has 5 nitrogen and oxygen atoms in total. The summed E-state index contributed by atoms with van der Waals surface area (Å²) in [4.78, 5) is 16.0. The number of aromatic nitrogens is 1. The number of nitrogens with zero attached hydrogens (tertiary/aromatic N) is 1. The summed E-state index contributed by atoms with van der Waals surface area (Å²) in [6, 6.07) is 1.80. The number of carboxylic acid groups (broad SMARTS) is 1. The summed E-state index contributed by atoms with van der Waals surface area (Å²) in [5.41, 5.74) is 2.73. The second-order valence-electron chi connectivity index (χ2n) is 6.25. The Morgan fingerprint density at radius 3 is 2.95 bits per heavy atom. The Bertz CT molecular complexity index is 553. The van der Waals surface area contributed by atoms with Crippen molar-refractivity contribution in [1.82, 2.24) is 4.98 Å². The molecule has 1 fully saturated rings. The van der Waals surface area contributed by atoms with Crippen LogP contribution in [-0.2, 0) is 17.6 Å². The summed E-state index contributed by atoms with van der Waals surface area (Å²) < 4.78 is 5.15. The lowest BCUT2D eigenvalue weighted by Gasteiger charge is -2.17. The number of aryl methyl sites for hydroxylation is 2. The molecule has 0 radical (unpaired) electrons. The minimum Gasteiger partial charge on any atom is -0.478 e. The van der Waals surface area contributed by atoms with Crippen molar-refractivity contribution in [1.29, 1.82) is 0 Å². The van der Waals surface area contributed by atoms with Crippen molar-refractivity contribution >= 4 is 11.8 Å². The van der Waals surface area contributed by atoms with Crippen LogP contribution < -0.4 is 5.32 Å². The predicted molar refractivity (Wildman–Crippen MR) is 79.9 cm³/mol. The van der Waals surface area contributed by atoms with Crippen LogP contribution in [0.25, 0.3) is 0 Å². The van der Waals surface area contributed by atoms with Crippen LogP contribution in [0.3, 0.4) is 0 Å². The van der Waals surface area contributed by atoms with E-state index in [1.165, 1.54) is 12.8 Å². The van der Waals surface area contributed by atoms with Crippen LogP contribution >= 0.6 is 0 Å². The second-order valence-corrected chi connectivity index (χ2v) is 6.25. The van der Waals surface area contributed by atoms with E-state index in [1.54, 1.807) is 13.2 Å². The smallest absolute Gasteiger partial charge is 0.339 e. The van der Waals surface area contributed by atoms with Gasteiger partial charge in [-0.1, -0.05) is 0 Å². The summed E-state index contributed by atoms with van der Waals surface area (Å²) >= 11 is 0. The van der Waals surface area contributed by atoms with Gasteiger partial charge in [0.25, 0.3) is 0 Å². The molecule has 0 spiro atoms. The van der Waals surface area contributed by atoms with Gasteiger partial charge in [0.2, 0.25) is 0 Å². The zero-order valence-corrected chi connectivity index (χ0v) is 12.4. The van der Waals surface area contributed by atoms with Crippen molar-refractivity contribution in [3.05, 3.63) is 22.9 Å². The lowest BCUT2D eigenvalue weighted by atomic mass is 10.0. The zero-order valence-electron chi connectivity index (χ0n) is 12.4. The summed E-state index contributed by atoms with van der Waals surface area (Å²) in [5, 5.41) is 12.7. The molecule has 2 aliphatic carbocycles. The van der Waals surface area contributed by atoms with Gasteiger partial charge in [0.05, 0.1) is 0 Å². The fourth-order valence-corrected chi connectivity index (χ4v) is 3.05. The van der Waals surface area contributed by atoms with Crippen LogP contribution in [0, 0.1) is 5.41 Å². The van der Waals surface area contributed by atoms with E-state index in [4.69, 9.17) is 4.74 Å². The van der Waals surface area contributed by atoms with Gasteiger partial charge < -0.3 is 15.2 Å². The van der Waals surface area contributed by atoms with Crippen LogP contribution in [0.1, 0.15) is 47.3 Å². The molecule has 1 aromatic rings. The van der Waals surface area contributed by atoms with Crippen molar-refractivity contribution in [2.45, 2.75) is 38.5 Å². The Balaban J connectivity index is 1.74. The number of rotatable bonds is 7. The van der Waals surface area contributed by atoms with Crippen LogP contribution in [0.2, 0.25) is 0 Å². The third-order valence-corrected chi connectivity index (χ3v) is 4.71. The number of methoxy groups -OCH3 is 1. The van der Waals surface area contributed by atoms with Crippen molar-refractivity contribution in [3.63, 3.8) is 0 Å². The number of anilines is 1. The first-order valence-electron chi connectivity index (χ1n) is 7.62. The molecule has 3 rings (SSSR count).